The van der Waals surface area contributed by atoms with E-state index < -0.39 is 0 Å². The third-order valence-electron chi connectivity index (χ3n) is 4.22. The normalized spacial score (nSPS) is 22.6. The number of aryl methyl sites for hydroxylation is 1. The van der Waals surface area contributed by atoms with Crippen LogP contribution in [0.25, 0.3) is 0 Å². The van der Waals surface area contributed by atoms with Gasteiger partial charge in [0, 0.05) is 30.0 Å². The molecule has 0 bridgehead atoms. The van der Waals surface area contributed by atoms with E-state index in [9.17, 15) is 4.79 Å². The van der Waals surface area contributed by atoms with E-state index in [4.69, 9.17) is 5.73 Å². The maximum Gasteiger partial charge on any atom is 0.225 e. The topological polar surface area (TPSA) is 46.3 Å². The number of amides is 1. The zero-order valence-corrected chi connectivity index (χ0v) is 13.8. The van der Waals surface area contributed by atoms with Crippen molar-refractivity contribution in [2.45, 2.75) is 45.2 Å². The third kappa shape index (κ3) is 3.83. The van der Waals surface area contributed by atoms with Crippen LogP contribution in [0.5, 0.6) is 0 Å². The highest BCUT2D eigenvalue weighted by Gasteiger charge is 2.26. The SMILES string of the molecule is Cc1ccc(Br)cc1CN(C)C(=O)C1CCC(N)CC1. The Kier molecular flexibility index (Phi) is 5.22. The van der Waals surface area contributed by atoms with Gasteiger partial charge in [0.15, 0.2) is 0 Å². The molecule has 1 aliphatic carbocycles. The fourth-order valence-electron chi connectivity index (χ4n) is 2.82. The lowest BCUT2D eigenvalue weighted by atomic mass is 9.85. The molecule has 1 fully saturated rings. The van der Waals surface area contributed by atoms with Crippen LogP contribution in [0.4, 0.5) is 0 Å². The largest absolute Gasteiger partial charge is 0.341 e. The molecule has 0 aromatic heterocycles. The van der Waals surface area contributed by atoms with E-state index in [1.807, 2.05) is 18.0 Å². The van der Waals surface area contributed by atoms with E-state index >= 15 is 0 Å². The lowest BCUT2D eigenvalue weighted by Crippen LogP contribution is -2.37. The minimum Gasteiger partial charge on any atom is -0.341 e. The van der Waals surface area contributed by atoms with Crippen LogP contribution in [0, 0.1) is 12.8 Å². The summed E-state index contributed by atoms with van der Waals surface area (Å²) in [5, 5.41) is 0. The van der Waals surface area contributed by atoms with Crippen molar-refractivity contribution in [3.8, 4) is 0 Å². The highest BCUT2D eigenvalue weighted by Crippen LogP contribution is 2.25. The zero-order valence-electron chi connectivity index (χ0n) is 12.2. The van der Waals surface area contributed by atoms with Crippen LogP contribution in [0.3, 0.4) is 0 Å². The van der Waals surface area contributed by atoms with E-state index in [1.165, 1.54) is 11.1 Å². The second-order valence-electron chi connectivity index (χ2n) is 5.88. The number of carbonyl (C=O) groups excluding carboxylic acids is 1. The molecule has 0 radical (unpaired) electrons. The number of rotatable bonds is 3. The van der Waals surface area contributed by atoms with E-state index in [0.29, 0.717) is 6.54 Å². The van der Waals surface area contributed by atoms with Crippen molar-refractivity contribution in [2.75, 3.05) is 7.05 Å². The fraction of sp³-hybridized carbons (Fsp3) is 0.562. The fourth-order valence-corrected chi connectivity index (χ4v) is 3.23. The van der Waals surface area contributed by atoms with Gasteiger partial charge in [-0.05, 0) is 55.9 Å². The molecule has 1 aliphatic rings. The first-order valence-electron chi connectivity index (χ1n) is 7.23. The van der Waals surface area contributed by atoms with Gasteiger partial charge in [-0.3, -0.25) is 4.79 Å². The monoisotopic (exact) mass is 338 g/mol. The summed E-state index contributed by atoms with van der Waals surface area (Å²) in [5.41, 5.74) is 8.32. The van der Waals surface area contributed by atoms with Gasteiger partial charge in [0.1, 0.15) is 0 Å². The van der Waals surface area contributed by atoms with Gasteiger partial charge in [-0.15, -0.1) is 0 Å². The first-order valence-corrected chi connectivity index (χ1v) is 8.02. The number of hydrogen-bond donors (Lipinski definition) is 1. The maximum atomic E-state index is 12.5. The second-order valence-corrected chi connectivity index (χ2v) is 6.79. The maximum absolute atomic E-state index is 12.5. The van der Waals surface area contributed by atoms with Crippen LogP contribution >= 0.6 is 15.9 Å². The number of nitrogens with two attached hydrogens (primary N) is 1. The number of hydrogen-bond acceptors (Lipinski definition) is 2. The summed E-state index contributed by atoms with van der Waals surface area (Å²) >= 11 is 3.49. The average molecular weight is 339 g/mol. The van der Waals surface area contributed by atoms with Gasteiger partial charge in [-0.2, -0.15) is 0 Å². The number of benzene rings is 1. The Morgan fingerprint density at radius 1 is 1.35 bits per heavy atom. The Balaban J connectivity index is 1.98. The van der Waals surface area contributed by atoms with Crippen molar-refractivity contribution in [2.24, 2.45) is 11.7 Å². The molecular formula is C16H23BrN2O. The molecule has 4 heteroatoms. The molecule has 20 heavy (non-hydrogen) atoms. The molecule has 0 spiro atoms. The van der Waals surface area contributed by atoms with Crippen molar-refractivity contribution in [3.05, 3.63) is 33.8 Å². The van der Waals surface area contributed by atoms with Gasteiger partial charge < -0.3 is 10.6 Å². The van der Waals surface area contributed by atoms with E-state index in [2.05, 4.69) is 35.0 Å². The number of carbonyl (C=O) groups is 1. The molecule has 3 nitrogen and oxygen atoms in total. The molecule has 0 atom stereocenters. The Bertz CT molecular complexity index is 481. The predicted octanol–water partition coefficient (Wildman–Crippen LogP) is 3.23. The summed E-state index contributed by atoms with van der Waals surface area (Å²) in [7, 11) is 1.90. The molecule has 2 rings (SSSR count). The molecule has 2 N–H and O–H groups in total. The van der Waals surface area contributed by atoms with Gasteiger partial charge >= 0.3 is 0 Å². The summed E-state index contributed by atoms with van der Waals surface area (Å²) in [4.78, 5) is 14.3. The quantitative estimate of drug-likeness (QED) is 0.919. The van der Waals surface area contributed by atoms with Crippen molar-refractivity contribution in [1.29, 1.82) is 0 Å². The lowest BCUT2D eigenvalue weighted by molar-refractivity contribution is -0.135. The highest BCUT2D eigenvalue weighted by atomic mass is 79.9. The minimum absolute atomic E-state index is 0.159. The van der Waals surface area contributed by atoms with Gasteiger partial charge in [-0.25, -0.2) is 0 Å². The van der Waals surface area contributed by atoms with Crippen molar-refractivity contribution >= 4 is 21.8 Å². The lowest BCUT2D eigenvalue weighted by Gasteiger charge is -2.29. The van der Waals surface area contributed by atoms with E-state index in [1.54, 1.807) is 0 Å². The predicted molar refractivity (Wildman–Crippen MR) is 85.3 cm³/mol. The summed E-state index contributed by atoms with van der Waals surface area (Å²) in [6.07, 6.45) is 3.81. The van der Waals surface area contributed by atoms with Crippen LogP contribution in [0.1, 0.15) is 36.8 Å². The van der Waals surface area contributed by atoms with E-state index in [0.717, 1.165) is 30.2 Å². The van der Waals surface area contributed by atoms with Crippen LogP contribution in [-0.2, 0) is 11.3 Å². The van der Waals surface area contributed by atoms with E-state index in [-0.39, 0.29) is 17.9 Å². The van der Waals surface area contributed by atoms with Crippen LogP contribution in [-0.4, -0.2) is 23.9 Å². The van der Waals surface area contributed by atoms with Crippen molar-refractivity contribution < 1.29 is 4.79 Å². The second kappa shape index (κ2) is 6.72. The first kappa shape index (κ1) is 15.5. The molecule has 110 valence electrons. The molecule has 1 aromatic rings. The highest BCUT2D eigenvalue weighted by molar-refractivity contribution is 9.10. The summed E-state index contributed by atoms with van der Waals surface area (Å²) in [6.45, 7) is 2.76. The Morgan fingerprint density at radius 3 is 2.65 bits per heavy atom. The van der Waals surface area contributed by atoms with Crippen LogP contribution in [0.2, 0.25) is 0 Å². The summed E-state index contributed by atoms with van der Waals surface area (Å²) < 4.78 is 1.06. The molecule has 1 aromatic carbocycles. The Labute approximate surface area is 129 Å². The van der Waals surface area contributed by atoms with Crippen LogP contribution in [0.15, 0.2) is 22.7 Å². The van der Waals surface area contributed by atoms with Crippen molar-refractivity contribution in [1.82, 2.24) is 4.90 Å². The van der Waals surface area contributed by atoms with Crippen LogP contribution < -0.4 is 5.73 Å². The summed E-state index contributed by atoms with van der Waals surface area (Å²) in [6, 6.07) is 6.49. The molecule has 0 heterocycles. The minimum atomic E-state index is 0.159. The zero-order chi connectivity index (χ0) is 14.7. The van der Waals surface area contributed by atoms with Gasteiger partial charge in [0.25, 0.3) is 0 Å². The van der Waals surface area contributed by atoms with Gasteiger partial charge in [0.05, 0.1) is 0 Å². The standard InChI is InChI=1S/C16H23BrN2O/c1-11-3-6-14(17)9-13(11)10-19(2)16(20)12-4-7-15(18)8-5-12/h3,6,9,12,15H,4-5,7-8,10,18H2,1-2H3. The number of halogens is 1. The molecular weight excluding hydrogens is 316 g/mol. The molecule has 0 saturated heterocycles. The van der Waals surface area contributed by atoms with Gasteiger partial charge in [0.2, 0.25) is 5.91 Å². The Morgan fingerprint density at radius 2 is 2.00 bits per heavy atom. The van der Waals surface area contributed by atoms with Gasteiger partial charge in [-0.1, -0.05) is 22.0 Å². The van der Waals surface area contributed by atoms with Crippen molar-refractivity contribution in [3.63, 3.8) is 0 Å². The number of nitrogens with zero attached hydrogens (tertiary/aromatic N) is 1. The first-order chi connectivity index (χ1) is 9.47. The Hall–Kier alpha value is -0.870. The average Bonchev–Trinajstić information content (AvgIpc) is 2.43. The molecule has 1 saturated carbocycles. The third-order valence-corrected chi connectivity index (χ3v) is 4.71. The molecule has 0 unspecified atom stereocenters. The molecule has 1 amide bonds. The molecule has 0 aliphatic heterocycles. The smallest absolute Gasteiger partial charge is 0.225 e. The summed E-state index contributed by atoms with van der Waals surface area (Å²) in [5.74, 6) is 0.420.